The summed E-state index contributed by atoms with van der Waals surface area (Å²) in [5.41, 5.74) is 2.91. The van der Waals surface area contributed by atoms with Gasteiger partial charge in [0.2, 0.25) is 0 Å². The van der Waals surface area contributed by atoms with Crippen molar-refractivity contribution < 1.29 is 0 Å². The van der Waals surface area contributed by atoms with Crippen molar-refractivity contribution in [1.82, 2.24) is 10.2 Å². The van der Waals surface area contributed by atoms with Crippen LogP contribution in [0.4, 0.5) is 0 Å². The first-order valence-corrected chi connectivity index (χ1v) is 8.63. The molecule has 1 aromatic rings. The Morgan fingerprint density at radius 2 is 1.81 bits per heavy atom. The molecule has 0 saturated heterocycles. The van der Waals surface area contributed by atoms with Gasteiger partial charge in [0.25, 0.3) is 0 Å². The quantitative estimate of drug-likeness (QED) is 0.738. The molecule has 0 spiro atoms. The fraction of sp³-hybridized carbons (Fsp3) is 0.684. The maximum atomic E-state index is 3.43. The Labute approximate surface area is 130 Å². The average molecular weight is 288 g/mol. The maximum Gasteiger partial charge on any atom is 0.0236 e. The summed E-state index contributed by atoms with van der Waals surface area (Å²) in [6.07, 6.45) is 2.79. The highest BCUT2D eigenvalue weighted by Gasteiger charge is 2.29. The van der Waals surface area contributed by atoms with Crippen molar-refractivity contribution >= 4 is 0 Å². The van der Waals surface area contributed by atoms with Gasteiger partial charge in [0.15, 0.2) is 0 Å². The zero-order valence-corrected chi connectivity index (χ0v) is 14.2. The van der Waals surface area contributed by atoms with Gasteiger partial charge in [-0.05, 0) is 42.3 Å². The minimum Gasteiger partial charge on any atom is -0.316 e. The van der Waals surface area contributed by atoms with Crippen LogP contribution in [0.2, 0.25) is 0 Å². The van der Waals surface area contributed by atoms with E-state index in [4.69, 9.17) is 0 Å². The molecule has 0 amide bonds. The first kappa shape index (κ1) is 16.5. The number of rotatable bonds is 9. The molecule has 1 atom stereocenters. The molecule has 0 aromatic heterocycles. The lowest BCUT2D eigenvalue weighted by Crippen LogP contribution is -2.29. The Morgan fingerprint density at radius 1 is 1.14 bits per heavy atom. The van der Waals surface area contributed by atoms with Gasteiger partial charge in [-0.25, -0.2) is 0 Å². The van der Waals surface area contributed by atoms with Crippen LogP contribution >= 0.6 is 0 Å². The monoisotopic (exact) mass is 288 g/mol. The molecule has 2 nitrogen and oxygen atoms in total. The highest BCUT2D eigenvalue weighted by atomic mass is 15.2. The molecule has 1 N–H and O–H groups in total. The number of likely N-dealkylation sites (N-methyl/N-ethyl adjacent to an activating group) is 1. The molecular formula is C19H32N2. The first-order chi connectivity index (χ1) is 10.1. The van der Waals surface area contributed by atoms with Crippen LogP contribution in [-0.4, -0.2) is 30.6 Å². The molecule has 2 heteroatoms. The third kappa shape index (κ3) is 5.44. The molecule has 2 rings (SSSR count). The summed E-state index contributed by atoms with van der Waals surface area (Å²) in [5.74, 6) is 1.35. The van der Waals surface area contributed by atoms with Crippen molar-refractivity contribution in [2.24, 2.45) is 5.92 Å². The van der Waals surface area contributed by atoms with Crippen LogP contribution < -0.4 is 5.32 Å². The van der Waals surface area contributed by atoms with Crippen LogP contribution in [0.15, 0.2) is 24.3 Å². The molecule has 1 fully saturated rings. The lowest BCUT2D eigenvalue weighted by atomic mass is 9.99. The Kier molecular flexibility index (Phi) is 6.25. The summed E-state index contributed by atoms with van der Waals surface area (Å²) in [5, 5.41) is 3.43. The van der Waals surface area contributed by atoms with Crippen molar-refractivity contribution in [3.63, 3.8) is 0 Å². The van der Waals surface area contributed by atoms with Crippen molar-refractivity contribution in [2.75, 3.05) is 19.6 Å². The third-order valence-corrected chi connectivity index (χ3v) is 4.30. The van der Waals surface area contributed by atoms with Crippen LogP contribution in [0.25, 0.3) is 0 Å². The molecule has 118 valence electrons. The summed E-state index contributed by atoms with van der Waals surface area (Å²) in [6.45, 7) is 13.6. The van der Waals surface area contributed by atoms with Gasteiger partial charge in [-0.2, -0.15) is 0 Å². The molecule has 0 heterocycles. The fourth-order valence-corrected chi connectivity index (χ4v) is 2.92. The van der Waals surface area contributed by atoms with Crippen LogP contribution in [-0.2, 0) is 6.54 Å². The normalized spacial score (nSPS) is 16.7. The van der Waals surface area contributed by atoms with Gasteiger partial charge in [-0.3, -0.25) is 4.90 Å². The number of hydrogen-bond donors (Lipinski definition) is 1. The van der Waals surface area contributed by atoms with Gasteiger partial charge in [0.1, 0.15) is 0 Å². The Morgan fingerprint density at radius 3 is 2.33 bits per heavy atom. The Bertz CT molecular complexity index is 406. The zero-order chi connectivity index (χ0) is 15.2. The SMILES string of the molecule is CCNCC(C)c1ccc(CN(CC(C)C)C2CC2)cc1. The molecular weight excluding hydrogens is 256 g/mol. The summed E-state index contributed by atoms with van der Waals surface area (Å²) in [6, 6.07) is 10.1. The average Bonchev–Trinajstić information content (AvgIpc) is 3.29. The topological polar surface area (TPSA) is 15.3 Å². The van der Waals surface area contributed by atoms with Gasteiger partial charge in [0, 0.05) is 25.7 Å². The smallest absolute Gasteiger partial charge is 0.0236 e. The van der Waals surface area contributed by atoms with Gasteiger partial charge in [0.05, 0.1) is 0 Å². The van der Waals surface area contributed by atoms with Crippen LogP contribution in [0.5, 0.6) is 0 Å². The second-order valence-corrected chi connectivity index (χ2v) is 7.00. The largest absolute Gasteiger partial charge is 0.316 e. The number of nitrogens with one attached hydrogen (secondary N) is 1. The fourth-order valence-electron chi connectivity index (χ4n) is 2.92. The van der Waals surface area contributed by atoms with E-state index in [0.717, 1.165) is 31.6 Å². The second-order valence-electron chi connectivity index (χ2n) is 7.00. The van der Waals surface area contributed by atoms with Crippen LogP contribution in [0.1, 0.15) is 57.6 Å². The van der Waals surface area contributed by atoms with E-state index in [0.29, 0.717) is 5.92 Å². The van der Waals surface area contributed by atoms with E-state index in [1.54, 1.807) is 0 Å². The lowest BCUT2D eigenvalue weighted by Gasteiger charge is -2.24. The number of benzene rings is 1. The van der Waals surface area contributed by atoms with Crippen LogP contribution in [0.3, 0.4) is 0 Å². The third-order valence-electron chi connectivity index (χ3n) is 4.30. The summed E-state index contributed by atoms with van der Waals surface area (Å²) < 4.78 is 0. The molecule has 0 aliphatic heterocycles. The second kappa shape index (κ2) is 7.95. The highest BCUT2D eigenvalue weighted by Crippen LogP contribution is 2.29. The maximum absolute atomic E-state index is 3.43. The van der Waals surface area contributed by atoms with Crippen molar-refractivity contribution in [2.45, 2.75) is 59.0 Å². The van der Waals surface area contributed by atoms with E-state index in [1.807, 2.05) is 0 Å². The van der Waals surface area contributed by atoms with E-state index in [1.165, 1.54) is 30.5 Å². The molecule has 0 radical (unpaired) electrons. The van der Waals surface area contributed by atoms with Crippen molar-refractivity contribution in [3.8, 4) is 0 Å². The van der Waals surface area contributed by atoms with E-state index >= 15 is 0 Å². The molecule has 1 aliphatic rings. The molecule has 1 aliphatic carbocycles. The first-order valence-electron chi connectivity index (χ1n) is 8.63. The van der Waals surface area contributed by atoms with E-state index in [-0.39, 0.29) is 0 Å². The Balaban J connectivity index is 1.91. The summed E-state index contributed by atoms with van der Waals surface area (Å²) in [4.78, 5) is 2.67. The van der Waals surface area contributed by atoms with Gasteiger partial charge >= 0.3 is 0 Å². The van der Waals surface area contributed by atoms with Gasteiger partial charge in [-0.15, -0.1) is 0 Å². The summed E-state index contributed by atoms with van der Waals surface area (Å²) in [7, 11) is 0. The van der Waals surface area contributed by atoms with Crippen molar-refractivity contribution in [3.05, 3.63) is 35.4 Å². The van der Waals surface area contributed by atoms with E-state index in [9.17, 15) is 0 Å². The van der Waals surface area contributed by atoms with Crippen molar-refractivity contribution in [1.29, 1.82) is 0 Å². The molecule has 1 aromatic carbocycles. The van der Waals surface area contributed by atoms with Gasteiger partial charge < -0.3 is 5.32 Å². The minimum absolute atomic E-state index is 0.592. The zero-order valence-electron chi connectivity index (χ0n) is 14.2. The molecule has 0 bridgehead atoms. The lowest BCUT2D eigenvalue weighted by molar-refractivity contribution is 0.226. The van der Waals surface area contributed by atoms with E-state index < -0.39 is 0 Å². The van der Waals surface area contributed by atoms with Gasteiger partial charge in [-0.1, -0.05) is 52.0 Å². The highest BCUT2D eigenvalue weighted by molar-refractivity contribution is 5.25. The predicted molar refractivity (Wildman–Crippen MR) is 91.7 cm³/mol. The molecule has 1 saturated carbocycles. The predicted octanol–water partition coefficient (Wildman–Crippen LogP) is 4.02. The minimum atomic E-state index is 0.592. The number of hydrogen-bond acceptors (Lipinski definition) is 2. The van der Waals surface area contributed by atoms with E-state index in [2.05, 4.69) is 62.2 Å². The number of nitrogens with zero attached hydrogens (tertiary/aromatic N) is 1. The summed E-state index contributed by atoms with van der Waals surface area (Å²) >= 11 is 0. The Hall–Kier alpha value is -0.860. The standard InChI is InChI=1S/C19H32N2/c1-5-20-12-16(4)18-8-6-17(7-9-18)14-21(13-15(2)3)19-10-11-19/h6-9,15-16,19-20H,5,10-14H2,1-4H3. The molecule has 21 heavy (non-hydrogen) atoms. The van der Waals surface area contributed by atoms with Crippen LogP contribution in [0, 0.1) is 5.92 Å². The molecule has 1 unspecified atom stereocenters.